The van der Waals surface area contributed by atoms with Crippen molar-refractivity contribution in [1.29, 1.82) is 0 Å². The number of imidazole rings is 1. The molecule has 8 nitrogen and oxygen atoms in total. The van der Waals surface area contributed by atoms with Gasteiger partial charge >= 0.3 is 0 Å². The Morgan fingerprint density at radius 2 is 1.75 bits per heavy atom. The van der Waals surface area contributed by atoms with E-state index in [2.05, 4.69) is 24.8 Å². The van der Waals surface area contributed by atoms with Gasteiger partial charge in [0.15, 0.2) is 0 Å². The van der Waals surface area contributed by atoms with Crippen LogP contribution < -0.4 is 4.72 Å². The second kappa shape index (κ2) is 7.73. The Kier molecular flexibility index (Phi) is 4.87. The second-order valence-electron chi connectivity index (χ2n) is 6.62. The molecule has 0 fully saturated rings. The molecular formula is C20H12F2N6O2S2. The smallest absolute Gasteiger partial charge is 0.264 e. The van der Waals surface area contributed by atoms with Gasteiger partial charge in [-0.05, 0) is 30.3 Å². The first-order chi connectivity index (χ1) is 15.4. The maximum atomic E-state index is 14.0. The summed E-state index contributed by atoms with van der Waals surface area (Å²) in [6, 6.07) is 7.45. The summed E-state index contributed by atoms with van der Waals surface area (Å²) in [5, 5.41) is 5.13. The molecule has 1 aromatic carbocycles. The van der Waals surface area contributed by atoms with Gasteiger partial charge in [-0.1, -0.05) is 11.3 Å². The average Bonchev–Trinajstić information content (AvgIpc) is 3.35. The first-order valence-electron chi connectivity index (χ1n) is 9.09. The summed E-state index contributed by atoms with van der Waals surface area (Å²) in [7, 11) is -4.29. The van der Waals surface area contributed by atoms with Crippen LogP contribution in [0.2, 0.25) is 0 Å². The maximum absolute atomic E-state index is 14.0. The fraction of sp³-hybridized carbons (Fsp3) is 0. The van der Waals surface area contributed by atoms with Crippen LogP contribution in [0.5, 0.6) is 0 Å². The average molecular weight is 470 g/mol. The minimum atomic E-state index is -4.29. The number of sulfonamides is 1. The molecule has 1 N–H and O–H groups in total. The zero-order chi connectivity index (χ0) is 22.3. The molecule has 0 aliphatic heterocycles. The van der Waals surface area contributed by atoms with E-state index in [-0.39, 0.29) is 5.69 Å². The molecule has 0 radical (unpaired) electrons. The minimum Gasteiger partial charge on any atom is -0.278 e. The summed E-state index contributed by atoms with van der Waals surface area (Å²) in [6.45, 7) is 0. The second-order valence-corrected chi connectivity index (χ2v) is 9.23. The number of hydrogen-bond acceptors (Lipinski definition) is 7. The number of nitrogens with one attached hydrogen (secondary N) is 1. The van der Waals surface area contributed by atoms with Gasteiger partial charge in [-0.25, -0.2) is 26.7 Å². The summed E-state index contributed by atoms with van der Waals surface area (Å²) in [5.74, 6) is -2.06. The highest BCUT2D eigenvalue weighted by Gasteiger charge is 2.20. The van der Waals surface area contributed by atoms with Gasteiger partial charge in [0.1, 0.15) is 21.5 Å². The van der Waals surface area contributed by atoms with E-state index in [1.54, 1.807) is 23.1 Å². The zero-order valence-corrected chi connectivity index (χ0v) is 17.6. The Morgan fingerprint density at radius 1 is 0.938 bits per heavy atom. The van der Waals surface area contributed by atoms with E-state index in [0.29, 0.717) is 21.6 Å². The topological polar surface area (TPSA) is 102 Å². The molecular weight excluding hydrogens is 458 g/mol. The van der Waals surface area contributed by atoms with Crippen molar-refractivity contribution in [3.8, 4) is 21.8 Å². The number of anilines is 1. The third kappa shape index (κ3) is 3.69. The molecule has 5 aromatic rings. The molecule has 32 heavy (non-hydrogen) atoms. The Balaban J connectivity index is 1.48. The van der Waals surface area contributed by atoms with Crippen molar-refractivity contribution >= 4 is 32.0 Å². The van der Waals surface area contributed by atoms with Crippen molar-refractivity contribution in [3.05, 3.63) is 79.0 Å². The molecule has 0 saturated heterocycles. The molecule has 0 saturated carbocycles. The molecule has 160 valence electrons. The van der Waals surface area contributed by atoms with E-state index < -0.39 is 26.6 Å². The monoisotopic (exact) mass is 470 g/mol. The van der Waals surface area contributed by atoms with Gasteiger partial charge in [-0.15, -0.1) is 0 Å². The first-order valence-corrected chi connectivity index (χ1v) is 11.4. The lowest BCUT2D eigenvalue weighted by Gasteiger charge is -2.09. The summed E-state index contributed by atoms with van der Waals surface area (Å²) < 4.78 is 56.1. The Morgan fingerprint density at radius 3 is 2.53 bits per heavy atom. The predicted molar refractivity (Wildman–Crippen MR) is 114 cm³/mol. The Bertz CT molecular complexity index is 1550. The van der Waals surface area contributed by atoms with Crippen LogP contribution in [-0.4, -0.2) is 33.0 Å². The van der Waals surface area contributed by atoms with Gasteiger partial charge in [-0.3, -0.25) is 14.7 Å². The molecule has 0 aliphatic carbocycles. The normalized spacial score (nSPS) is 11.7. The number of aromatic nitrogens is 5. The van der Waals surface area contributed by atoms with Gasteiger partial charge in [0, 0.05) is 35.8 Å². The van der Waals surface area contributed by atoms with Crippen molar-refractivity contribution in [3.63, 3.8) is 0 Å². The molecule has 12 heteroatoms. The summed E-state index contributed by atoms with van der Waals surface area (Å²) in [4.78, 5) is 12.4. The lowest BCUT2D eigenvalue weighted by molar-refractivity contribution is 0.551. The highest BCUT2D eigenvalue weighted by Crippen LogP contribution is 2.30. The summed E-state index contributed by atoms with van der Waals surface area (Å²) >= 11 is 1.30. The Labute approximate surface area is 184 Å². The number of hydrogen-bond donors (Lipinski definition) is 1. The van der Waals surface area contributed by atoms with Crippen molar-refractivity contribution in [1.82, 2.24) is 24.6 Å². The third-order valence-electron chi connectivity index (χ3n) is 4.48. The first kappa shape index (κ1) is 20.2. The van der Waals surface area contributed by atoms with Crippen LogP contribution in [0.25, 0.3) is 26.8 Å². The molecule has 4 aromatic heterocycles. The van der Waals surface area contributed by atoms with Crippen LogP contribution in [0.1, 0.15) is 0 Å². The molecule has 0 amide bonds. The van der Waals surface area contributed by atoms with Crippen molar-refractivity contribution < 1.29 is 17.2 Å². The van der Waals surface area contributed by atoms with E-state index in [1.807, 2.05) is 12.1 Å². The number of rotatable bonds is 5. The van der Waals surface area contributed by atoms with Crippen LogP contribution in [0, 0.1) is 11.6 Å². The summed E-state index contributed by atoms with van der Waals surface area (Å²) in [5.41, 5.74) is 2.32. The lowest BCUT2D eigenvalue weighted by atomic mass is 10.2. The van der Waals surface area contributed by atoms with E-state index in [1.165, 1.54) is 29.8 Å². The Hall–Kier alpha value is -3.77. The van der Waals surface area contributed by atoms with Crippen LogP contribution in [-0.2, 0) is 10.0 Å². The minimum absolute atomic E-state index is 0.105. The largest absolute Gasteiger partial charge is 0.278 e. The molecule has 4 heterocycles. The molecule has 5 rings (SSSR count). The third-order valence-corrected chi connectivity index (χ3v) is 6.87. The lowest BCUT2D eigenvalue weighted by Crippen LogP contribution is -2.15. The fourth-order valence-corrected chi connectivity index (χ4v) is 5.00. The summed E-state index contributed by atoms with van der Waals surface area (Å²) in [6.07, 6.45) is 7.86. The highest BCUT2D eigenvalue weighted by atomic mass is 32.2. The number of fused-ring (bicyclic) bond motifs is 1. The predicted octanol–water partition coefficient (Wildman–Crippen LogP) is 3.99. The number of benzene rings is 1. The van der Waals surface area contributed by atoms with Gasteiger partial charge in [0.25, 0.3) is 10.0 Å². The van der Waals surface area contributed by atoms with E-state index in [0.717, 1.165) is 23.4 Å². The van der Waals surface area contributed by atoms with Crippen LogP contribution in [0.15, 0.2) is 72.3 Å². The number of nitrogens with zero attached hydrogens (tertiary/aromatic N) is 5. The number of halogens is 2. The van der Waals surface area contributed by atoms with Crippen LogP contribution in [0.4, 0.5) is 14.5 Å². The number of pyridine rings is 2. The van der Waals surface area contributed by atoms with Crippen molar-refractivity contribution in [2.45, 2.75) is 4.90 Å². The van der Waals surface area contributed by atoms with Crippen LogP contribution >= 0.6 is 11.3 Å². The maximum Gasteiger partial charge on any atom is 0.264 e. The van der Waals surface area contributed by atoms with Crippen LogP contribution in [0.3, 0.4) is 0 Å². The zero-order valence-electron chi connectivity index (χ0n) is 16.0. The van der Waals surface area contributed by atoms with E-state index in [9.17, 15) is 17.2 Å². The molecule has 0 aliphatic rings. The van der Waals surface area contributed by atoms with Gasteiger partial charge < -0.3 is 0 Å². The molecule has 0 spiro atoms. The van der Waals surface area contributed by atoms with Crippen molar-refractivity contribution in [2.24, 2.45) is 0 Å². The molecule has 0 bridgehead atoms. The fourth-order valence-electron chi connectivity index (χ4n) is 3.04. The van der Waals surface area contributed by atoms with E-state index >= 15 is 0 Å². The van der Waals surface area contributed by atoms with Gasteiger partial charge in [0.2, 0.25) is 4.96 Å². The van der Waals surface area contributed by atoms with Crippen molar-refractivity contribution in [2.75, 3.05) is 4.72 Å². The quantitative estimate of drug-likeness (QED) is 0.417. The molecule has 0 unspecified atom stereocenters. The van der Waals surface area contributed by atoms with Gasteiger partial charge in [-0.2, -0.15) is 5.10 Å². The molecule has 0 atom stereocenters. The van der Waals surface area contributed by atoms with Gasteiger partial charge in [0.05, 0.1) is 23.8 Å². The standard InChI is InChI=1S/C20H12F2N6O2S2/c21-14-1-2-18(16(22)8-14)32(29,30)27-15-7-13(9-24-10-15)19-26-28-17(11-25-20(28)31-19)12-3-5-23-6-4-12/h1-11,27H. The highest BCUT2D eigenvalue weighted by molar-refractivity contribution is 7.92. The van der Waals surface area contributed by atoms with E-state index in [4.69, 9.17) is 0 Å². The SMILES string of the molecule is O=S(=O)(Nc1cncc(-c2nn3c(-c4ccncc4)cnc3s2)c1)c1ccc(F)cc1F.